The van der Waals surface area contributed by atoms with E-state index in [2.05, 4.69) is 0 Å². The van der Waals surface area contributed by atoms with Crippen molar-refractivity contribution in [1.82, 2.24) is 9.80 Å². The zero-order valence-corrected chi connectivity index (χ0v) is 10.5. The van der Waals surface area contributed by atoms with Gasteiger partial charge in [0.15, 0.2) is 0 Å². The second-order valence-corrected chi connectivity index (χ2v) is 4.85. The molecule has 2 aliphatic heterocycles. The first-order chi connectivity index (χ1) is 8.66. The number of ether oxygens (including phenoxy) is 1. The smallest absolute Gasteiger partial charge is 0.317 e. The van der Waals surface area contributed by atoms with Gasteiger partial charge in [-0.15, -0.1) is 0 Å². The van der Waals surface area contributed by atoms with Crippen LogP contribution in [0.15, 0.2) is 0 Å². The van der Waals surface area contributed by atoms with E-state index in [-0.39, 0.29) is 18.6 Å². The van der Waals surface area contributed by atoms with Crippen molar-refractivity contribution in [3.8, 4) is 0 Å². The number of nitrogens with zero attached hydrogens (tertiary/aromatic N) is 2. The predicted molar refractivity (Wildman–Crippen MR) is 64.2 cm³/mol. The molecule has 0 aromatic rings. The van der Waals surface area contributed by atoms with Crippen molar-refractivity contribution in [3.63, 3.8) is 0 Å². The number of amides is 1. The van der Waals surface area contributed by atoms with E-state index >= 15 is 0 Å². The van der Waals surface area contributed by atoms with Crippen LogP contribution in [0.3, 0.4) is 0 Å². The molecule has 0 aliphatic carbocycles. The summed E-state index contributed by atoms with van der Waals surface area (Å²) in [5.41, 5.74) is 0. The lowest BCUT2D eigenvalue weighted by Crippen LogP contribution is -2.41. The Labute approximate surface area is 106 Å². The van der Waals surface area contributed by atoms with Crippen LogP contribution in [-0.4, -0.2) is 72.2 Å². The van der Waals surface area contributed by atoms with Gasteiger partial charge in [-0.2, -0.15) is 0 Å². The van der Waals surface area contributed by atoms with Crippen LogP contribution in [0.25, 0.3) is 0 Å². The van der Waals surface area contributed by atoms with Crippen LogP contribution in [0, 0.1) is 0 Å². The van der Waals surface area contributed by atoms with Gasteiger partial charge >= 0.3 is 5.97 Å². The number of carboxylic acids is 1. The number of carboxylic acid groups (broad SMARTS) is 1. The third-order valence-corrected chi connectivity index (χ3v) is 3.46. The van der Waals surface area contributed by atoms with Crippen LogP contribution in [0.5, 0.6) is 0 Å². The van der Waals surface area contributed by atoms with Crippen molar-refractivity contribution in [2.75, 3.05) is 39.3 Å². The number of aliphatic carboxylic acids is 1. The Bertz CT molecular complexity index is 315. The summed E-state index contributed by atoms with van der Waals surface area (Å²) in [4.78, 5) is 26.5. The van der Waals surface area contributed by atoms with Crippen LogP contribution in [0.4, 0.5) is 0 Å². The Morgan fingerprint density at radius 1 is 1.17 bits per heavy atom. The first kappa shape index (κ1) is 13.3. The molecule has 1 atom stereocenters. The maximum atomic E-state index is 12.1. The molecule has 0 bridgehead atoms. The van der Waals surface area contributed by atoms with Gasteiger partial charge in [0.1, 0.15) is 6.10 Å². The molecule has 6 heteroatoms. The lowest BCUT2D eigenvalue weighted by molar-refractivity contribution is -0.140. The minimum absolute atomic E-state index is 0.0575. The predicted octanol–water partition coefficient (Wildman–Crippen LogP) is -0.216. The van der Waals surface area contributed by atoms with Crippen molar-refractivity contribution < 1.29 is 19.4 Å². The molecule has 2 fully saturated rings. The summed E-state index contributed by atoms with van der Waals surface area (Å²) in [6, 6.07) is 0. The molecule has 6 nitrogen and oxygen atoms in total. The average Bonchev–Trinajstić information content (AvgIpc) is 2.76. The summed E-state index contributed by atoms with van der Waals surface area (Å²) < 4.78 is 5.40. The van der Waals surface area contributed by atoms with Gasteiger partial charge in [-0.25, -0.2) is 0 Å². The monoisotopic (exact) mass is 256 g/mol. The molecule has 18 heavy (non-hydrogen) atoms. The van der Waals surface area contributed by atoms with Crippen LogP contribution >= 0.6 is 0 Å². The zero-order valence-electron chi connectivity index (χ0n) is 10.5. The molecule has 2 aliphatic rings. The fourth-order valence-electron chi connectivity index (χ4n) is 2.52. The highest BCUT2D eigenvalue weighted by atomic mass is 16.5. The summed E-state index contributed by atoms with van der Waals surface area (Å²) in [5.74, 6) is -0.737. The number of hydrogen-bond acceptors (Lipinski definition) is 4. The molecule has 1 unspecified atom stereocenters. The minimum atomic E-state index is -0.811. The number of carbonyl (C=O) groups is 2. The summed E-state index contributed by atoms with van der Waals surface area (Å²) >= 11 is 0. The van der Waals surface area contributed by atoms with Gasteiger partial charge in [-0.05, 0) is 19.3 Å². The van der Waals surface area contributed by atoms with Crippen molar-refractivity contribution in [1.29, 1.82) is 0 Å². The maximum Gasteiger partial charge on any atom is 0.317 e. The largest absolute Gasteiger partial charge is 0.480 e. The molecule has 0 aromatic carbocycles. The van der Waals surface area contributed by atoms with E-state index in [9.17, 15) is 9.59 Å². The van der Waals surface area contributed by atoms with Crippen LogP contribution < -0.4 is 0 Å². The second-order valence-electron chi connectivity index (χ2n) is 4.85. The summed E-state index contributed by atoms with van der Waals surface area (Å²) in [7, 11) is 0. The Kier molecular flexibility index (Phi) is 4.54. The highest BCUT2D eigenvalue weighted by molar-refractivity contribution is 5.81. The molecule has 2 heterocycles. The lowest BCUT2D eigenvalue weighted by atomic mass is 10.2. The normalized spacial score (nSPS) is 26.0. The zero-order chi connectivity index (χ0) is 13.0. The van der Waals surface area contributed by atoms with Crippen LogP contribution in [-0.2, 0) is 14.3 Å². The molecule has 2 rings (SSSR count). The number of hydrogen-bond donors (Lipinski definition) is 1. The third-order valence-electron chi connectivity index (χ3n) is 3.46. The number of carbonyl (C=O) groups excluding carboxylic acids is 1. The minimum Gasteiger partial charge on any atom is -0.480 e. The van der Waals surface area contributed by atoms with Crippen molar-refractivity contribution in [3.05, 3.63) is 0 Å². The molecule has 1 amide bonds. The molecular formula is C12H20N2O4. The van der Waals surface area contributed by atoms with Crippen molar-refractivity contribution >= 4 is 11.9 Å². The van der Waals surface area contributed by atoms with Crippen LogP contribution in [0.2, 0.25) is 0 Å². The Hall–Kier alpha value is -1.14. The van der Waals surface area contributed by atoms with Crippen LogP contribution in [0.1, 0.15) is 19.3 Å². The molecule has 2 saturated heterocycles. The molecule has 102 valence electrons. The van der Waals surface area contributed by atoms with E-state index in [0.29, 0.717) is 26.2 Å². The van der Waals surface area contributed by atoms with Gasteiger partial charge in [-0.1, -0.05) is 0 Å². The Morgan fingerprint density at radius 2 is 2.00 bits per heavy atom. The summed E-state index contributed by atoms with van der Waals surface area (Å²) in [6.07, 6.45) is 2.32. The van der Waals surface area contributed by atoms with Gasteiger partial charge in [0.05, 0.1) is 6.54 Å². The molecule has 1 N–H and O–H groups in total. The SMILES string of the molecule is O=C(O)CN1CCCN(C(=O)C2CCCO2)CC1. The number of rotatable bonds is 3. The lowest BCUT2D eigenvalue weighted by Gasteiger charge is -2.23. The first-order valence-corrected chi connectivity index (χ1v) is 6.51. The highest BCUT2D eigenvalue weighted by Crippen LogP contribution is 2.16. The van der Waals surface area contributed by atoms with E-state index < -0.39 is 5.97 Å². The van der Waals surface area contributed by atoms with E-state index in [1.54, 1.807) is 0 Å². The van der Waals surface area contributed by atoms with Gasteiger partial charge in [0, 0.05) is 32.8 Å². The second kappa shape index (κ2) is 6.15. The van der Waals surface area contributed by atoms with Crippen molar-refractivity contribution in [2.24, 2.45) is 0 Å². The van der Waals surface area contributed by atoms with Gasteiger partial charge < -0.3 is 14.7 Å². The molecular weight excluding hydrogens is 236 g/mol. The first-order valence-electron chi connectivity index (χ1n) is 6.51. The quantitative estimate of drug-likeness (QED) is 0.756. The standard InChI is InChI=1S/C12H20N2O4/c15-11(16)9-13-4-2-5-14(7-6-13)12(17)10-3-1-8-18-10/h10H,1-9H2,(H,15,16). The molecule has 0 radical (unpaired) electrons. The maximum absolute atomic E-state index is 12.1. The average molecular weight is 256 g/mol. The van der Waals surface area contributed by atoms with E-state index in [1.165, 1.54) is 0 Å². The topological polar surface area (TPSA) is 70.1 Å². The summed E-state index contributed by atoms with van der Waals surface area (Å²) in [5, 5.41) is 8.76. The van der Waals surface area contributed by atoms with E-state index in [1.807, 2.05) is 9.80 Å². The van der Waals surface area contributed by atoms with Gasteiger partial charge in [0.2, 0.25) is 0 Å². The van der Waals surface area contributed by atoms with E-state index in [0.717, 1.165) is 25.8 Å². The Morgan fingerprint density at radius 3 is 2.67 bits per heavy atom. The Balaban J connectivity index is 1.84. The van der Waals surface area contributed by atoms with Gasteiger partial charge in [0.25, 0.3) is 5.91 Å². The van der Waals surface area contributed by atoms with Crippen molar-refractivity contribution in [2.45, 2.75) is 25.4 Å². The van der Waals surface area contributed by atoms with Gasteiger partial charge in [-0.3, -0.25) is 14.5 Å². The fraction of sp³-hybridized carbons (Fsp3) is 0.833. The molecule has 0 saturated carbocycles. The fourth-order valence-corrected chi connectivity index (χ4v) is 2.52. The molecule has 0 spiro atoms. The third kappa shape index (κ3) is 3.43. The highest BCUT2D eigenvalue weighted by Gasteiger charge is 2.29. The molecule has 0 aromatic heterocycles. The van der Waals surface area contributed by atoms with E-state index in [4.69, 9.17) is 9.84 Å². The summed E-state index contributed by atoms with van der Waals surface area (Å²) in [6.45, 7) is 3.41.